The zero-order valence-corrected chi connectivity index (χ0v) is 21.5. The molecule has 10 heteroatoms. The summed E-state index contributed by atoms with van der Waals surface area (Å²) in [7, 11) is 3.99. The van der Waals surface area contributed by atoms with Crippen LogP contribution in [0.1, 0.15) is 11.3 Å². The first-order chi connectivity index (χ1) is 17.9. The van der Waals surface area contributed by atoms with Gasteiger partial charge in [0, 0.05) is 37.2 Å². The molecule has 1 saturated heterocycles. The number of benzene rings is 1. The van der Waals surface area contributed by atoms with E-state index in [-0.39, 0.29) is 5.56 Å². The number of anilines is 3. The minimum atomic E-state index is -0.188. The third-order valence-corrected chi connectivity index (χ3v) is 6.27. The SMILES string of the molecule is C=CCn1c(=O)c2cnc(Nc3ccc(N4CCOCC4)c(C)c3)nc2n1-c1cccc(CN(C)C)n1. The molecule has 0 radical (unpaired) electrons. The molecule has 3 aromatic heterocycles. The van der Waals surface area contributed by atoms with Gasteiger partial charge in [-0.2, -0.15) is 4.98 Å². The molecule has 10 nitrogen and oxygen atoms in total. The molecule has 0 amide bonds. The van der Waals surface area contributed by atoms with Crippen LogP contribution in [0, 0.1) is 6.92 Å². The second-order valence-corrected chi connectivity index (χ2v) is 9.37. The van der Waals surface area contributed by atoms with E-state index in [4.69, 9.17) is 14.7 Å². The first-order valence-corrected chi connectivity index (χ1v) is 12.4. The van der Waals surface area contributed by atoms with Crippen molar-refractivity contribution < 1.29 is 4.74 Å². The zero-order chi connectivity index (χ0) is 25.9. The maximum Gasteiger partial charge on any atom is 0.278 e. The zero-order valence-electron chi connectivity index (χ0n) is 21.5. The van der Waals surface area contributed by atoms with Crippen molar-refractivity contribution in [2.45, 2.75) is 20.0 Å². The predicted octanol–water partition coefficient (Wildman–Crippen LogP) is 3.11. The fraction of sp³-hybridized carbons (Fsp3) is 0.333. The molecule has 5 rings (SSSR count). The monoisotopic (exact) mass is 500 g/mol. The van der Waals surface area contributed by atoms with Gasteiger partial charge in [-0.15, -0.1) is 6.58 Å². The van der Waals surface area contributed by atoms with Crippen molar-refractivity contribution in [3.63, 3.8) is 0 Å². The summed E-state index contributed by atoms with van der Waals surface area (Å²) >= 11 is 0. The number of morpholine rings is 1. The number of aryl methyl sites for hydroxylation is 1. The average Bonchev–Trinajstić information content (AvgIpc) is 3.15. The Labute approximate surface area is 215 Å². The highest BCUT2D eigenvalue weighted by atomic mass is 16.5. The maximum absolute atomic E-state index is 13.2. The molecule has 0 bridgehead atoms. The molecule has 0 spiro atoms. The van der Waals surface area contributed by atoms with Crippen LogP contribution in [-0.2, 0) is 17.8 Å². The number of nitrogens with one attached hydrogen (secondary N) is 1. The van der Waals surface area contributed by atoms with Crippen LogP contribution in [0.5, 0.6) is 0 Å². The van der Waals surface area contributed by atoms with E-state index in [2.05, 4.69) is 40.8 Å². The lowest BCUT2D eigenvalue weighted by Gasteiger charge is -2.30. The molecule has 4 heterocycles. The van der Waals surface area contributed by atoms with Gasteiger partial charge >= 0.3 is 0 Å². The van der Waals surface area contributed by atoms with E-state index in [1.807, 2.05) is 43.3 Å². The summed E-state index contributed by atoms with van der Waals surface area (Å²) in [6, 6.07) is 12.0. The third kappa shape index (κ3) is 5.11. The smallest absolute Gasteiger partial charge is 0.278 e. The molecule has 4 aromatic rings. The Morgan fingerprint density at radius 3 is 2.70 bits per heavy atom. The van der Waals surface area contributed by atoms with Crippen molar-refractivity contribution in [3.8, 4) is 5.82 Å². The number of ether oxygens (including phenoxy) is 1. The average molecular weight is 501 g/mol. The van der Waals surface area contributed by atoms with E-state index in [1.165, 1.54) is 5.69 Å². The minimum absolute atomic E-state index is 0.188. The molecule has 0 aliphatic carbocycles. The normalized spacial score (nSPS) is 13.9. The molecule has 1 aliphatic rings. The predicted molar refractivity (Wildman–Crippen MR) is 146 cm³/mol. The maximum atomic E-state index is 13.2. The highest BCUT2D eigenvalue weighted by Crippen LogP contribution is 2.26. The van der Waals surface area contributed by atoms with E-state index in [1.54, 1.807) is 21.6 Å². The topological polar surface area (TPSA) is 93.3 Å². The van der Waals surface area contributed by atoms with Gasteiger partial charge in [0.15, 0.2) is 11.5 Å². The molecular formula is C27H32N8O2. The number of pyridine rings is 1. The van der Waals surface area contributed by atoms with Crippen LogP contribution < -0.4 is 15.8 Å². The Kier molecular flexibility index (Phi) is 7.02. The molecule has 192 valence electrons. The molecule has 0 saturated carbocycles. The lowest BCUT2D eigenvalue weighted by Crippen LogP contribution is -2.36. The first-order valence-electron chi connectivity index (χ1n) is 12.4. The third-order valence-electron chi connectivity index (χ3n) is 6.27. The van der Waals surface area contributed by atoms with E-state index in [9.17, 15) is 4.79 Å². The summed E-state index contributed by atoms with van der Waals surface area (Å²) in [4.78, 5) is 31.6. The molecule has 1 fully saturated rings. The summed E-state index contributed by atoms with van der Waals surface area (Å²) in [5.74, 6) is 1.02. The number of hydrogen-bond donors (Lipinski definition) is 1. The number of rotatable bonds is 8. The van der Waals surface area contributed by atoms with E-state index in [0.29, 0.717) is 35.9 Å². The second-order valence-electron chi connectivity index (χ2n) is 9.37. The molecular weight excluding hydrogens is 468 g/mol. The molecule has 0 atom stereocenters. The number of nitrogens with zero attached hydrogens (tertiary/aromatic N) is 7. The van der Waals surface area contributed by atoms with Crippen LogP contribution in [0.15, 0.2) is 60.0 Å². The Bertz CT molecular complexity index is 1480. The largest absolute Gasteiger partial charge is 0.378 e. The molecule has 1 aliphatic heterocycles. The van der Waals surface area contributed by atoms with E-state index < -0.39 is 0 Å². The number of fused-ring (bicyclic) bond motifs is 1. The van der Waals surface area contributed by atoms with Crippen LogP contribution in [0.25, 0.3) is 16.9 Å². The van der Waals surface area contributed by atoms with Crippen LogP contribution in [-0.4, -0.2) is 69.6 Å². The molecule has 0 unspecified atom stereocenters. The highest BCUT2D eigenvalue weighted by molar-refractivity contribution is 5.77. The van der Waals surface area contributed by atoms with Gasteiger partial charge in [0.1, 0.15) is 5.39 Å². The van der Waals surface area contributed by atoms with Crippen molar-refractivity contribution in [2.75, 3.05) is 50.6 Å². The van der Waals surface area contributed by atoms with Crippen molar-refractivity contribution in [3.05, 3.63) is 76.9 Å². The van der Waals surface area contributed by atoms with Crippen molar-refractivity contribution in [1.82, 2.24) is 29.2 Å². The number of aromatic nitrogens is 5. The van der Waals surface area contributed by atoms with Gasteiger partial charge < -0.3 is 19.9 Å². The van der Waals surface area contributed by atoms with Crippen molar-refractivity contribution >= 4 is 28.4 Å². The summed E-state index contributed by atoms with van der Waals surface area (Å²) in [6.45, 7) is 10.2. The Morgan fingerprint density at radius 1 is 1.16 bits per heavy atom. The van der Waals surface area contributed by atoms with Crippen LogP contribution in [0.2, 0.25) is 0 Å². The summed E-state index contributed by atoms with van der Waals surface area (Å²) in [5.41, 5.74) is 4.42. The summed E-state index contributed by atoms with van der Waals surface area (Å²) in [5, 5.41) is 3.73. The number of allylic oxidation sites excluding steroid dienone is 1. The lowest BCUT2D eigenvalue weighted by atomic mass is 10.1. The van der Waals surface area contributed by atoms with Gasteiger partial charge in [0.05, 0.1) is 25.5 Å². The van der Waals surface area contributed by atoms with Crippen LogP contribution in [0.3, 0.4) is 0 Å². The quantitative estimate of drug-likeness (QED) is 0.369. The van der Waals surface area contributed by atoms with Gasteiger partial charge in [-0.3, -0.25) is 4.79 Å². The highest BCUT2D eigenvalue weighted by Gasteiger charge is 2.19. The Hall–Kier alpha value is -4.02. The van der Waals surface area contributed by atoms with Crippen molar-refractivity contribution in [2.24, 2.45) is 0 Å². The Morgan fingerprint density at radius 2 is 1.97 bits per heavy atom. The fourth-order valence-electron chi connectivity index (χ4n) is 4.63. The van der Waals surface area contributed by atoms with Gasteiger partial charge in [0.25, 0.3) is 5.56 Å². The first kappa shape index (κ1) is 24.7. The summed E-state index contributed by atoms with van der Waals surface area (Å²) in [6.07, 6.45) is 3.26. The fourth-order valence-corrected chi connectivity index (χ4v) is 4.63. The molecule has 1 aromatic carbocycles. The molecule has 1 N–H and O–H groups in total. The van der Waals surface area contributed by atoms with Gasteiger partial charge in [-0.25, -0.2) is 19.3 Å². The van der Waals surface area contributed by atoms with Gasteiger partial charge in [-0.1, -0.05) is 12.1 Å². The van der Waals surface area contributed by atoms with Gasteiger partial charge in [0.2, 0.25) is 5.95 Å². The van der Waals surface area contributed by atoms with Crippen LogP contribution in [0.4, 0.5) is 17.3 Å². The summed E-state index contributed by atoms with van der Waals surface area (Å²) < 4.78 is 8.81. The van der Waals surface area contributed by atoms with E-state index >= 15 is 0 Å². The number of hydrogen-bond acceptors (Lipinski definition) is 8. The Balaban J connectivity index is 1.52. The lowest BCUT2D eigenvalue weighted by molar-refractivity contribution is 0.122. The van der Waals surface area contributed by atoms with E-state index in [0.717, 1.165) is 43.2 Å². The standard InChI is InChI=1S/C27H32N8O2/c1-5-11-34-26(36)22-17-28-27(30-20-9-10-23(19(2)16-20)33-12-14-37-15-13-33)31-25(22)35(34)24-8-6-7-21(29-24)18-32(3)4/h5-10,16-17H,1,11-15,18H2,2-4H3,(H,28,30,31). The van der Waals surface area contributed by atoms with Crippen molar-refractivity contribution in [1.29, 1.82) is 0 Å². The minimum Gasteiger partial charge on any atom is -0.378 e. The van der Waals surface area contributed by atoms with Gasteiger partial charge in [-0.05, 0) is 56.9 Å². The molecule has 37 heavy (non-hydrogen) atoms. The second kappa shape index (κ2) is 10.5. The van der Waals surface area contributed by atoms with Crippen LogP contribution >= 0.6 is 0 Å².